The Morgan fingerprint density at radius 2 is 1.48 bits per heavy atom. The fourth-order valence-corrected chi connectivity index (χ4v) is 3.44. The van der Waals surface area contributed by atoms with Crippen LogP contribution in [0.4, 0.5) is 0 Å². The van der Waals surface area contributed by atoms with E-state index in [2.05, 4.69) is 0 Å². The summed E-state index contributed by atoms with van der Waals surface area (Å²) in [6, 6.07) is 13.8. The van der Waals surface area contributed by atoms with Crippen LogP contribution >= 0.6 is 8.58 Å². The Morgan fingerprint density at radius 1 is 0.957 bits per heavy atom. The predicted octanol–water partition coefficient (Wildman–Crippen LogP) is 4.24. The van der Waals surface area contributed by atoms with Crippen molar-refractivity contribution in [2.75, 3.05) is 0 Å². The summed E-state index contributed by atoms with van der Waals surface area (Å²) in [5, 5.41) is 1.04. The first kappa shape index (κ1) is 20.0. The Labute approximate surface area is 153 Å². The van der Waals surface area contributed by atoms with Gasteiger partial charge in [-0.15, -0.1) is 0 Å². The molecule has 0 N–H and O–H groups in total. The molecule has 0 spiro atoms. The normalized spacial score (nSPS) is 11.3. The van der Waals surface area contributed by atoms with Gasteiger partial charge in [0.25, 0.3) is 0 Å². The molecule has 0 saturated heterocycles. The average Bonchev–Trinajstić information content (AvgIpc) is 2.39. The number of hydrogen-bond donors (Lipinski definition) is 0. The second-order valence-corrected chi connectivity index (χ2v) is 7.74. The molecule has 117 valence electrons. The van der Waals surface area contributed by atoms with Gasteiger partial charge in [0.15, 0.2) is 5.52 Å². The molecule has 0 bridgehead atoms. The number of ether oxygens (including phenoxy) is 1. The molecule has 0 aliphatic rings. The van der Waals surface area contributed by atoms with Crippen LogP contribution in [0.15, 0.2) is 42.5 Å². The van der Waals surface area contributed by atoms with Gasteiger partial charge in [0, 0.05) is 24.4 Å². The number of aryl methyl sites for hydroxylation is 2. The van der Waals surface area contributed by atoms with Crippen LogP contribution in [0, 0.1) is 13.8 Å². The fourth-order valence-electron chi connectivity index (χ4n) is 2.33. The average molecular weight is 321 g/mol. The van der Waals surface area contributed by atoms with Gasteiger partial charge >= 0.3 is 0 Å². The zero-order chi connectivity index (χ0) is 16.3. The Balaban J connectivity index is 0.00000264. The van der Waals surface area contributed by atoms with Crippen molar-refractivity contribution in [1.29, 1.82) is 0 Å². The SMILES string of the molecule is Cc1cccc(C)c1C(=O)Pc1ccc(OC(C)(C)C)cc1.[Li]. The van der Waals surface area contributed by atoms with Gasteiger partial charge in [-0.25, -0.2) is 0 Å². The third kappa shape index (κ3) is 5.81. The van der Waals surface area contributed by atoms with Gasteiger partial charge in [0.1, 0.15) is 11.4 Å². The number of carbonyl (C=O) groups excluding carboxylic acids is 1. The molecule has 2 aromatic rings. The van der Waals surface area contributed by atoms with Crippen molar-refractivity contribution >= 4 is 38.3 Å². The van der Waals surface area contributed by atoms with Crippen LogP contribution in [0.1, 0.15) is 42.3 Å². The van der Waals surface area contributed by atoms with Crippen molar-refractivity contribution in [3.05, 3.63) is 59.2 Å². The van der Waals surface area contributed by atoms with Crippen LogP contribution in [0.2, 0.25) is 0 Å². The summed E-state index contributed by atoms with van der Waals surface area (Å²) >= 11 is 0. The van der Waals surface area contributed by atoms with E-state index in [9.17, 15) is 4.79 Å². The van der Waals surface area contributed by atoms with Crippen molar-refractivity contribution in [3.8, 4) is 5.75 Å². The number of carbonyl (C=O) groups is 1. The van der Waals surface area contributed by atoms with E-state index in [1.807, 2.05) is 77.1 Å². The number of benzene rings is 2. The third-order valence-corrected chi connectivity index (χ3v) is 4.34. The zero-order valence-corrected chi connectivity index (χ0v) is 15.9. The standard InChI is InChI=1S/C19H23O2P.Li/c1-13-7-6-8-14(2)17(13)18(20)22-16-11-9-15(10-12-16)21-19(3,4)5;/h6-12,22H,1-5H3;. The van der Waals surface area contributed by atoms with Crippen LogP contribution in [0.25, 0.3) is 0 Å². The van der Waals surface area contributed by atoms with Crippen LogP contribution in [-0.2, 0) is 0 Å². The summed E-state index contributed by atoms with van der Waals surface area (Å²) in [5.74, 6) is 0.834. The van der Waals surface area contributed by atoms with Crippen molar-refractivity contribution in [3.63, 3.8) is 0 Å². The van der Waals surface area contributed by atoms with E-state index >= 15 is 0 Å². The number of hydrogen-bond acceptors (Lipinski definition) is 2. The maximum absolute atomic E-state index is 12.6. The summed E-state index contributed by atoms with van der Waals surface area (Å²) in [6.07, 6.45) is 0. The van der Waals surface area contributed by atoms with Gasteiger partial charge in [-0.3, -0.25) is 4.79 Å². The van der Waals surface area contributed by atoms with E-state index in [4.69, 9.17) is 4.74 Å². The molecule has 1 atom stereocenters. The van der Waals surface area contributed by atoms with E-state index in [1.165, 1.54) is 0 Å². The molecule has 1 unspecified atom stereocenters. The third-order valence-electron chi connectivity index (χ3n) is 3.24. The molecule has 2 rings (SSSR count). The quantitative estimate of drug-likeness (QED) is 0.622. The first-order chi connectivity index (χ1) is 10.3. The minimum atomic E-state index is -0.210. The van der Waals surface area contributed by atoms with Crippen molar-refractivity contribution in [1.82, 2.24) is 0 Å². The molecule has 0 saturated carbocycles. The molecule has 0 fully saturated rings. The number of rotatable bonds is 4. The van der Waals surface area contributed by atoms with E-state index in [0.717, 1.165) is 27.7 Å². The van der Waals surface area contributed by atoms with Gasteiger partial charge in [0.05, 0.1) is 0 Å². The van der Waals surface area contributed by atoms with Crippen LogP contribution in [0.3, 0.4) is 0 Å². The molecule has 1 radical (unpaired) electrons. The first-order valence-corrected chi connectivity index (χ1v) is 8.43. The molecule has 23 heavy (non-hydrogen) atoms. The summed E-state index contributed by atoms with van der Waals surface area (Å²) in [4.78, 5) is 12.6. The van der Waals surface area contributed by atoms with Gasteiger partial charge in [-0.05, 0) is 71.8 Å². The Kier molecular flexibility index (Phi) is 7.09. The van der Waals surface area contributed by atoms with Crippen molar-refractivity contribution in [2.24, 2.45) is 0 Å². The molecule has 4 heteroatoms. The zero-order valence-electron chi connectivity index (χ0n) is 14.9. The van der Waals surface area contributed by atoms with E-state index in [1.54, 1.807) is 0 Å². The maximum Gasteiger partial charge on any atom is 0.186 e. The first-order valence-electron chi connectivity index (χ1n) is 7.43. The second kappa shape index (κ2) is 8.16. The molecule has 0 aliphatic heterocycles. The summed E-state index contributed by atoms with van der Waals surface area (Å²) in [6.45, 7) is 10.0. The molecule has 0 amide bonds. The molecule has 2 nitrogen and oxygen atoms in total. The van der Waals surface area contributed by atoms with Gasteiger partial charge < -0.3 is 4.74 Å². The van der Waals surface area contributed by atoms with E-state index in [-0.39, 0.29) is 38.6 Å². The summed E-state index contributed by atoms with van der Waals surface area (Å²) in [5.41, 5.74) is 2.93. The predicted molar refractivity (Wildman–Crippen MR) is 101 cm³/mol. The van der Waals surface area contributed by atoms with Gasteiger partial charge in [-0.2, -0.15) is 0 Å². The molecular formula is C19H23LiO2P. The largest absolute Gasteiger partial charge is 0.488 e. The maximum atomic E-state index is 12.6. The van der Waals surface area contributed by atoms with Crippen LogP contribution < -0.4 is 10.0 Å². The molecule has 0 aromatic heterocycles. The Morgan fingerprint density at radius 3 is 1.96 bits per heavy atom. The van der Waals surface area contributed by atoms with Crippen LogP contribution in [-0.4, -0.2) is 30.0 Å². The minimum Gasteiger partial charge on any atom is -0.488 e. The van der Waals surface area contributed by atoms with Crippen molar-refractivity contribution < 1.29 is 9.53 Å². The Bertz CT molecular complexity index is 653. The Hall–Kier alpha value is -1.06. The fraction of sp³-hybridized carbons (Fsp3) is 0.316. The summed E-state index contributed by atoms with van der Waals surface area (Å²) < 4.78 is 5.80. The molecular weight excluding hydrogens is 298 g/mol. The second-order valence-electron chi connectivity index (χ2n) is 6.46. The molecule has 0 heterocycles. The van der Waals surface area contributed by atoms with E-state index < -0.39 is 0 Å². The monoisotopic (exact) mass is 321 g/mol. The summed E-state index contributed by atoms with van der Waals surface area (Å²) in [7, 11) is 0.138. The van der Waals surface area contributed by atoms with Gasteiger partial charge in [0.2, 0.25) is 0 Å². The van der Waals surface area contributed by atoms with E-state index in [0.29, 0.717) is 0 Å². The van der Waals surface area contributed by atoms with Crippen LogP contribution in [0.5, 0.6) is 5.75 Å². The molecule has 2 aromatic carbocycles. The van der Waals surface area contributed by atoms with Crippen molar-refractivity contribution in [2.45, 2.75) is 40.2 Å². The minimum absolute atomic E-state index is 0. The topological polar surface area (TPSA) is 26.3 Å². The molecule has 0 aliphatic carbocycles. The smallest absolute Gasteiger partial charge is 0.186 e. The van der Waals surface area contributed by atoms with Gasteiger partial charge in [-0.1, -0.05) is 30.3 Å².